The fourth-order valence-corrected chi connectivity index (χ4v) is 0.687. The van der Waals surface area contributed by atoms with Gasteiger partial charge in [0.1, 0.15) is 0 Å². The molecule has 0 aliphatic carbocycles. The molecule has 0 saturated carbocycles. The summed E-state index contributed by atoms with van der Waals surface area (Å²) in [5, 5.41) is -3.27. The number of halogens is 3. The second kappa shape index (κ2) is 2.54. The molecule has 1 aromatic rings. The van der Waals surface area contributed by atoms with E-state index in [2.05, 4.69) is 6.07 Å². The third-order valence-electron chi connectivity index (χ3n) is 1.03. The molecule has 0 aliphatic rings. The first kappa shape index (κ1) is 7.48. The van der Waals surface area contributed by atoms with E-state index >= 15 is 0 Å². The Kier molecular flexibility index (Phi) is 1.90. The molecule has 0 fully saturated rings. The molecule has 0 bridgehead atoms. The lowest BCUT2D eigenvalue weighted by Gasteiger charge is -2.05. The van der Waals surface area contributed by atoms with Gasteiger partial charge in [-0.15, -0.1) is 0 Å². The van der Waals surface area contributed by atoms with Crippen molar-refractivity contribution in [2.45, 2.75) is 5.38 Å². The summed E-state index contributed by atoms with van der Waals surface area (Å²) in [6, 6.07) is 7.91. The second-order valence-corrected chi connectivity index (χ2v) is 2.26. The summed E-state index contributed by atoms with van der Waals surface area (Å²) in [7, 11) is 0. The lowest BCUT2D eigenvalue weighted by Crippen LogP contribution is -2.01. The van der Waals surface area contributed by atoms with Gasteiger partial charge in [0.15, 0.2) is 0 Å². The van der Waals surface area contributed by atoms with Crippen molar-refractivity contribution in [2.75, 3.05) is 0 Å². The first-order valence-electron chi connectivity index (χ1n) is 2.64. The highest BCUT2D eigenvalue weighted by molar-refractivity contribution is 6.21. The Labute approximate surface area is 62.4 Å². The van der Waals surface area contributed by atoms with E-state index in [0.29, 0.717) is 0 Å². The summed E-state index contributed by atoms with van der Waals surface area (Å²) in [6.45, 7) is 0. The van der Waals surface area contributed by atoms with Crippen LogP contribution in [0, 0.1) is 6.07 Å². The molecule has 3 heteroatoms. The molecule has 0 atom stereocenters. The van der Waals surface area contributed by atoms with Crippen LogP contribution in [0.15, 0.2) is 24.3 Å². The van der Waals surface area contributed by atoms with E-state index in [9.17, 15) is 8.78 Å². The standard InChI is InChI=1S/C7H4ClF2/c8-7(9,10)6-4-2-1-3-5-6/h1-2,4-5H. The van der Waals surface area contributed by atoms with Gasteiger partial charge in [-0.2, -0.15) is 8.78 Å². The van der Waals surface area contributed by atoms with Crippen molar-refractivity contribution in [3.05, 3.63) is 35.9 Å². The fraction of sp³-hybridized carbons (Fsp3) is 0.143. The van der Waals surface area contributed by atoms with Gasteiger partial charge >= 0.3 is 5.38 Å². The van der Waals surface area contributed by atoms with Gasteiger partial charge in [0.2, 0.25) is 0 Å². The van der Waals surface area contributed by atoms with Crippen LogP contribution in [0.5, 0.6) is 0 Å². The molecule has 0 N–H and O–H groups in total. The molecule has 53 valence electrons. The van der Waals surface area contributed by atoms with Gasteiger partial charge in [-0.3, -0.25) is 0 Å². The zero-order chi connectivity index (χ0) is 7.61. The van der Waals surface area contributed by atoms with Gasteiger partial charge in [-0.05, 0) is 23.7 Å². The van der Waals surface area contributed by atoms with Crippen LogP contribution in [0.25, 0.3) is 0 Å². The lowest BCUT2D eigenvalue weighted by atomic mass is 10.2. The molecular formula is C7H4ClF2. The van der Waals surface area contributed by atoms with Crippen LogP contribution in [-0.4, -0.2) is 0 Å². The topological polar surface area (TPSA) is 0 Å². The highest BCUT2D eigenvalue weighted by Gasteiger charge is 2.26. The molecule has 10 heavy (non-hydrogen) atoms. The number of alkyl halides is 3. The Hall–Kier alpha value is -0.630. The molecule has 0 spiro atoms. The van der Waals surface area contributed by atoms with Crippen LogP contribution in [0.4, 0.5) is 8.78 Å². The number of benzene rings is 1. The van der Waals surface area contributed by atoms with Crippen molar-refractivity contribution in [3.8, 4) is 0 Å². The van der Waals surface area contributed by atoms with Gasteiger partial charge in [0.05, 0.1) is 0 Å². The second-order valence-electron chi connectivity index (χ2n) is 1.79. The Balaban J connectivity index is 2.97. The minimum Gasteiger partial charge on any atom is -0.183 e. The van der Waals surface area contributed by atoms with Gasteiger partial charge in [0, 0.05) is 5.56 Å². The molecule has 0 aromatic heterocycles. The van der Waals surface area contributed by atoms with Gasteiger partial charge in [-0.25, -0.2) is 0 Å². The van der Waals surface area contributed by atoms with Crippen molar-refractivity contribution in [1.82, 2.24) is 0 Å². The number of hydrogen-bond acceptors (Lipinski definition) is 0. The molecule has 0 heterocycles. The first-order valence-corrected chi connectivity index (χ1v) is 3.02. The van der Waals surface area contributed by atoms with E-state index in [1.165, 1.54) is 18.2 Å². The van der Waals surface area contributed by atoms with Crippen molar-refractivity contribution in [2.24, 2.45) is 0 Å². The molecule has 0 amide bonds. The quantitative estimate of drug-likeness (QED) is 0.556. The molecule has 0 saturated heterocycles. The van der Waals surface area contributed by atoms with Gasteiger partial charge < -0.3 is 0 Å². The zero-order valence-electron chi connectivity index (χ0n) is 4.94. The Morgan fingerprint density at radius 2 is 2.20 bits per heavy atom. The van der Waals surface area contributed by atoms with E-state index in [0.717, 1.165) is 6.07 Å². The maximum Gasteiger partial charge on any atom is 0.348 e. The lowest BCUT2D eigenvalue weighted by molar-refractivity contribution is 0.0951. The molecule has 1 aromatic carbocycles. The Morgan fingerprint density at radius 3 is 2.50 bits per heavy atom. The Morgan fingerprint density at radius 1 is 1.50 bits per heavy atom. The maximum atomic E-state index is 12.2. The summed E-state index contributed by atoms with van der Waals surface area (Å²) < 4.78 is 24.4. The highest BCUT2D eigenvalue weighted by Crippen LogP contribution is 2.31. The first-order chi connectivity index (χ1) is 4.61. The molecule has 0 unspecified atom stereocenters. The van der Waals surface area contributed by atoms with Crippen LogP contribution in [-0.2, 0) is 5.38 Å². The van der Waals surface area contributed by atoms with E-state index in [4.69, 9.17) is 11.6 Å². The maximum absolute atomic E-state index is 12.2. The number of rotatable bonds is 1. The molecule has 1 rings (SSSR count). The third-order valence-corrected chi connectivity index (χ3v) is 1.25. The summed E-state index contributed by atoms with van der Waals surface area (Å²) in [4.78, 5) is 0. The Bertz CT molecular complexity index is 203. The number of hydrogen-bond donors (Lipinski definition) is 0. The van der Waals surface area contributed by atoms with E-state index in [1.807, 2.05) is 0 Å². The van der Waals surface area contributed by atoms with Crippen molar-refractivity contribution in [3.63, 3.8) is 0 Å². The van der Waals surface area contributed by atoms with E-state index in [-0.39, 0.29) is 5.56 Å². The third kappa shape index (κ3) is 1.67. The van der Waals surface area contributed by atoms with Crippen molar-refractivity contribution in [1.29, 1.82) is 0 Å². The molecular weight excluding hydrogens is 158 g/mol. The summed E-state index contributed by atoms with van der Waals surface area (Å²) in [5.41, 5.74) is -0.225. The SMILES string of the molecule is FC(F)(Cl)c1c[c]ccc1. The zero-order valence-corrected chi connectivity index (χ0v) is 5.70. The highest BCUT2D eigenvalue weighted by atomic mass is 35.5. The van der Waals surface area contributed by atoms with Gasteiger partial charge in [0.25, 0.3) is 0 Å². The monoisotopic (exact) mass is 161 g/mol. The predicted octanol–water partition coefficient (Wildman–Crippen LogP) is 2.77. The van der Waals surface area contributed by atoms with Crippen LogP contribution < -0.4 is 0 Å². The van der Waals surface area contributed by atoms with Gasteiger partial charge in [-0.1, -0.05) is 18.2 Å². The van der Waals surface area contributed by atoms with E-state index in [1.54, 1.807) is 0 Å². The smallest absolute Gasteiger partial charge is 0.183 e. The van der Waals surface area contributed by atoms with Crippen molar-refractivity contribution < 1.29 is 8.78 Å². The van der Waals surface area contributed by atoms with Crippen LogP contribution in [0.1, 0.15) is 5.56 Å². The van der Waals surface area contributed by atoms with Crippen LogP contribution in [0.2, 0.25) is 0 Å². The average Bonchev–Trinajstić information content (AvgIpc) is 1.88. The van der Waals surface area contributed by atoms with Crippen molar-refractivity contribution >= 4 is 11.6 Å². The fourth-order valence-electron chi connectivity index (χ4n) is 0.570. The minimum atomic E-state index is -3.27. The largest absolute Gasteiger partial charge is 0.348 e. The summed E-state index contributed by atoms with van der Waals surface area (Å²) >= 11 is 4.71. The molecule has 0 nitrogen and oxygen atoms in total. The summed E-state index contributed by atoms with van der Waals surface area (Å²) in [5.74, 6) is 0. The normalized spacial score (nSPS) is 11.5. The summed E-state index contributed by atoms with van der Waals surface area (Å²) in [6.07, 6.45) is 0. The molecule has 0 aliphatic heterocycles. The van der Waals surface area contributed by atoms with Crippen LogP contribution in [0.3, 0.4) is 0 Å². The average molecular weight is 162 g/mol. The van der Waals surface area contributed by atoms with Crippen LogP contribution >= 0.6 is 11.6 Å². The molecule has 1 radical (unpaired) electrons. The predicted molar refractivity (Wildman–Crippen MR) is 35.0 cm³/mol. The van der Waals surface area contributed by atoms with E-state index < -0.39 is 5.38 Å². The minimum absolute atomic E-state index is 0.225.